The predicted octanol–water partition coefficient (Wildman–Crippen LogP) is 2.50. The molecule has 0 bridgehead atoms. The Morgan fingerprint density at radius 2 is 2.45 bits per heavy atom. The van der Waals surface area contributed by atoms with E-state index in [2.05, 4.69) is 13.5 Å². The average Bonchev–Trinajstić information content (AvgIpc) is 2.35. The highest BCUT2D eigenvalue weighted by Gasteiger charge is 2.37. The Morgan fingerprint density at radius 3 is 3.00 bits per heavy atom. The van der Waals surface area contributed by atoms with Crippen molar-refractivity contribution in [3.05, 3.63) is 12.7 Å². The fraction of sp³-hybridized carbons (Fsp3) is 0.800. The molecule has 1 saturated carbocycles. The molecule has 2 unspecified atom stereocenters. The largest absolute Gasteiger partial charge is 0.386 e. The van der Waals surface area contributed by atoms with Gasteiger partial charge >= 0.3 is 0 Å². The topological polar surface area (TPSA) is 20.2 Å². The molecule has 1 rings (SSSR count). The molecule has 0 radical (unpaired) electrons. The standard InChI is InChI=1S/C10H18O/c1-3-6-9-7-5-8-10(9,11)4-2/h4,9,11H,2-3,5-8H2,1H3. The molecule has 0 aromatic heterocycles. The molecule has 1 aliphatic carbocycles. The molecule has 1 heteroatoms. The highest BCUT2D eigenvalue weighted by Crippen LogP contribution is 2.39. The maximum absolute atomic E-state index is 9.97. The molecule has 1 aliphatic rings. The smallest absolute Gasteiger partial charge is 0.0853 e. The van der Waals surface area contributed by atoms with E-state index < -0.39 is 5.60 Å². The van der Waals surface area contributed by atoms with E-state index in [0.29, 0.717) is 5.92 Å². The Balaban J connectivity index is 2.56. The van der Waals surface area contributed by atoms with Crippen LogP contribution in [0.2, 0.25) is 0 Å². The molecule has 1 nitrogen and oxygen atoms in total. The van der Waals surface area contributed by atoms with Crippen LogP contribution in [-0.4, -0.2) is 10.7 Å². The van der Waals surface area contributed by atoms with Crippen LogP contribution in [0.5, 0.6) is 0 Å². The lowest BCUT2D eigenvalue weighted by atomic mass is 9.87. The summed E-state index contributed by atoms with van der Waals surface area (Å²) >= 11 is 0. The second-order valence-electron chi connectivity index (χ2n) is 3.57. The second kappa shape index (κ2) is 3.40. The lowest BCUT2D eigenvalue weighted by Gasteiger charge is -2.25. The van der Waals surface area contributed by atoms with Crippen molar-refractivity contribution in [2.24, 2.45) is 5.92 Å². The van der Waals surface area contributed by atoms with E-state index in [1.54, 1.807) is 6.08 Å². The van der Waals surface area contributed by atoms with Gasteiger partial charge in [0.05, 0.1) is 5.60 Å². The van der Waals surface area contributed by atoms with Crippen LogP contribution in [-0.2, 0) is 0 Å². The van der Waals surface area contributed by atoms with Crippen LogP contribution in [0.1, 0.15) is 39.0 Å². The van der Waals surface area contributed by atoms with Gasteiger partial charge in [-0.2, -0.15) is 0 Å². The molecule has 1 N–H and O–H groups in total. The van der Waals surface area contributed by atoms with Crippen molar-refractivity contribution in [1.82, 2.24) is 0 Å². The Kier molecular flexibility index (Phi) is 2.72. The van der Waals surface area contributed by atoms with Gasteiger partial charge in [0, 0.05) is 0 Å². The average molecular weight is 154 g/mol. The van der Waals surface area contributed by atoms with E-state index in [1.165, 1.54) is 12.8 Å². The van der Waals surface area contributed by atoms with Crippen LogP contribution in [0, 0.1) is 5.92 Å². The van der Waals surface area contributed by atoms with Gasteiger partial charge in [-0.3, -0.25) is 0 Å². The third-order valence-electron chi connectivity index (χ3n) is 2.83. The van der Waals surface area contributed by atoms with Crippen molar-refractivity contribution in [3.8, 4) is 0 Å². The first kappa shape index (κ1) is 8.79. The van der Waals surface area contributed by atoms with Crippen LogP contribution >= 0.6 is 0 Å². The van der Waals surface area contributed by atoms with Gasteiger partial charge < -0.3 is 5.11 Å². The Morgan fingerprint density at radius 1 is 1.73 bits per heavy atom. The summed E-state index contributed by atoms with van der Waals surface area (Å²) in [4.78, 5) is 0. The first-order valence-electron chi connectivity index (χ1n) is 4.59. The quantitative estimate of drug-likeness (QED) is 0.619. The van der Waals surface area contributed by atoms with Crippen molar-refractivity contribution in [1.29, 1.82) is 0 Å². The van der Waals surface area contributed by atoms with Crippen molar-refractivity contribution >= 4 is 0 Å². The Hall–Kier alpha value is -0.300. The third-order valence-corrected chi connectivity index (χ3v) is 2.83. The second-order valence-corrected chi connectivity index (χ2v) is 3.57. The van der Waals surface area contributed by atoms with Crippen LogP contribution in [0.15, 0.2) is 12.7 Å². The van der Waals surface area contributed by atoms with Gasteiger partial charge in [0.2, 0.25) is 0 Å². The molecule has 0 amide bonds. The molecule has 0 saturated heterocycles. The molecular weight excluding hydrogens is 136 g/mol. The van der Waals surface area contributed by atoms with Crippen molar-refractivity contribution in [3.63, 3.8) is 0 Å². The molecule has 0 spiro atoms. The summed E-state index contributed by atoms with van der Waals surface area (Å²) < 4.78 is 0. The summed E-state index contributed by atoms with van der Waals surface area (Å²) in [5.41, 5.74) is -0.532. The maximum Gasteiger partial charge on any atom is 0.0853 e. The van der Waals surface area contributed by atoms with Crippen LogP contribution < -0.4 is 0 Å². The minimum absolute atomic E-state index is 0.477. The van der Waals surface area contributed by atoms with Crippen LogP contribution in [0.25, 0.3) is 0 Å². The molecule has 64 valence electrons. The van der Waals surface area contributed by atoms with Gasteiger partial charge in [0.1, 0.15) is 0 Å². The Labute approximate surface area is 69.1 Å². The predicted molar refractivity (Wildman–Crippen MR) is 47.4 cm³/mol. The zero-order valence-electron chi connectivity index (χ0n) is 7.34. The molecule has 0 heterocycles. The minimum atomic E-state index is -0.532. The number of rotatable bonds is 3. The number of aliphatic hydroxyl groups is 1. The van der Waals surface area contributed by atoms with E-state index >= 15 is 0 Å². The lowest BCUT2D eigenvalue weighted by molar-refractivity contribution is 0.0474. The fourth-order valence-corrected chi connectivity index (χ4v) is 2.10. The highest BCUT2D eigenvalue weighted by atomic mass is 16.3. The normalized spacial score (nSPS) is 37.5. The van der Waals surface area contributed by atoms with E-state index in [9.17, 15) is 5.11 Å². The summed E-state index contributed by atoms with van der Waals surface area (Å²) in [7, 11) is 0. The first-order valence-corrected chi connectivity index (χ1v) is 4.59. The van der Waals surface area contributed by atoms with Crippen LogP contribution in [0.4, 0.5) is 0 Å². The van der Waals surface area contributed by atoms with Gasteiger partial charge in [0.15, 0.2) is 0 Å². The molecule has 1 fully saturated rings. The molecule has 0 aromatic rings. The van der Waals surface area contributed by atoms with Gasteiger partial charge in [-0.1, -0.05) is 19.4 Å². The Bertz CT molecular complexity index is 142. The van der Waals surface area contributed by atoms with Gasteiger partial charge in [-0.25, -0.2) is 0 Å². The number of hydrogen-bond acceptors (Lipinski definition) is 1. The molecule has 2 atom stereocenters. The van der Waals surface area contributed by atoms with E-state index in [0.717, 1.165) is 19.3 Å². The zero-order chi connectivity index (χ0) is 8.32. The van der Waals surface area contributed by atoms with Gasteiger partial charge in [0.25, 0.3) is 0 Å². The van der Waals surface area contributed by atoms with Crippen molar-refractivity contribution in [2.75, 3.05) is 0 Å². The van der Waals surface area contributed by atoms with E-state index in [1.807, 2.05) is 0 Å². The summed E-state index contributed by atoms with van der Waals surface area (Å²) in [5, 5.41) is 9.97. The van der Waals surface area contributed by atoms with Gasteiger partial charge in [-0.15, -0.1) is 6.58 Å². The highest BCUT2D eigenvalue weighted by molar-refractivity contribution is 5.03. The van der Waals surface area contributed by atoms with Crippen molar-refractivity contribution in [2.45, 2.75) is 44.6 Å². The lowest BCUT2D eigenvalue weighted by Crippen LogP contribution is -2.29. The molecule has 0 aromatic carbocycles. The summed E-state index contributed by atoms with van der Waals surface area (Å²) in [6.07, 6.45) is 7.30. The maximum atomic E-state index is 9.97. The van der Waals surface area contributed by atoms with Crippen LogP contribution in [0.3, 0.4) is 0 Å². The zero-order valence-corrected chi connectivity index (χ0v) is 7.34. The summed E-state index contributed by atoms with van der Waals surface area (Å²) in [6, 6.07) is 0. The van der Waals surface area contributed by atoms with E-state index in [4.69, 9.17) is 0 Å². The molecule has 11 heavy (non-hydrogen) atoms. The molecule has 0 aliphatic heterocycles. The van der Waals surface area contributed by atoms with E-state index in [-0.39, 0.29) is 0 Å². The third kappa shape index (κ3) is 1.64. The summed E-state index contributed by atoms with van der Waals surface area (Å²) in [6.45, 7) is 5.87. The molecular formula is C10H18O. The summed E-state index contributed by atoms with van der Waals surface area (Å²) in [5.74, 6) is 0.477. The van der Waals surface area contributed by atoms with Crippen molar-refractivity contribution < 1.29 is 5.11 Å². The minimum Gasteiger partial charge on any atom is -0.386 e. The SMILES string of the molecule is C=CC1(O)CCCC1CCC. The van der Waals surface area contributed by atoms with Gasteiger partial charge in [-0.05, 0) is 31.6 Å². The fourth-order valence-electron chi connectivity index (χ4n) is 2.10. The monoisotopic (exact) mass is 154 g/mol. The first-order chi connectivity index (χ1) is 5.23. The number of hydrogen-bond donors (Lipinski definition) is 1.